The van der Waals surface area contributed by atoms with Crippen LogP contribution in [0, 0.1) is 0 Å². The van der Waals surface area contributed by atoms with Crippen LogP contribution in [0.4, 0.5) is 0 Å². The Bertz CT molecular complexity index is 385. The molecule has 1 aromatic rings. The van der Waals surface area contributed by atoms with Crippen LogP contribution in [0.15, 0.2) is 29.2 Å². The van der Waals surface area contributed by atoms with Gasteiger partial charge < -0.3 is 10.6 Å². The predicted octanol–water partition coefficient (Wildman–Crippen LogP) is 2.17. The molecule has 1 aromatic carbocycles. The van der Waals surface area contributed by atoms with Crippen LogP contribution in [0.1, 0.15) is 24.8 Å². The van der Waals surface area contributed by atoms with Gasteiger partial charge in [0.25, 0.3) is 0 Å². The third-order valence-electron chi connectivity index (χ3n) is 3.25. The highest BCUT2D eigenvalue weighted by Crippen LogP contribution is 2.14. The second-order valence-electron chi connectivity index (χ2n) is 4.57. The van der Waals surface area contributed by atoms with Crippen molar-refractivity contribution in [3.63, 3.8) is 0 Å². The van der Waals surface area contributed by atoms with E-state index in [1.54, 1.807) is 11.8 Å². The number of rotatable bonds is 4. The normalized spacial score (nSPS) is 19.5. The van der Waals surface area contributed by atoms with Crippen molar-refractivity contribution in [1.82, 2.24) is 10.6 Å². The minimum atomic E-state index is 0.00391. The molecule has 0 aliphatic carbocycles. The Morgan fingerprint density at radius 3 is 2.78 bits per heavy atom. The molecule has 1 aliphatic heterocycles. The van der Waals surface area contributed by atoms with Crippen molar-refractivity contribution in [2.45, 2.75) is 36.7 Å². The molecule has 1 amide bonds. The molecular formula is C14H20N2OS. The summed E-state index contributed by atoms with van der Waals surface area (Å²) in [5, 5.41) is 6.26. The smallest absolute Gasteiger partial charge is 0.237 e. The van der Waals surface area contributed by atoms with Crippen molar-refractivity contribution in [3.05, 3.63) is 29.8 Å². The number of hydrogen-bond donors (Lipinski definition) is 2. The summed E-state index contributed by atoms with van der Waals surface area (Å²) in [6.45, 7) is 1.58. The molecule has 0 radical (unpaired) electrons. The van der Waals surface area contributed by atoms with Crippen LogP contribution in [0.25, 0.3) is 0 Å². The SMILES string of the molecule is CSc1ccc(CNC(=O)C2CCCCN2)cc1. The van der Waals surface area contributed by atoms with E-state index in [-0.39, 0.29) is 11.9 Å². The van der Waals surface area contributed by atoms with Gasteiger partial charge in [0.05, 0.1) is 6.04 Å². The maximum absolute atomic E-state index is 11.9. The number of carbonyl (C=O) groups excluding carboxylic acids is 1. The van der Waals surface area contributed by atoms with Crippen LogP contribution in [0.2, 0.25) is 0 Å². The Labute approximate surface area is 113 Å². The van der Waals surface area contributed by atoms with Crippen molar-refractivity contribution < 1.29 is 4.79 Å². The molecule has 18 heavy (non-hydrogen) atoms. The van der Waals surface area contributed by atoms with E-state index >= 15 is 0 Å². The van der Waals surface area contributed by atoms with Gasteiger partial charge in [0.15, 0.2) is 0 Å². The zero-order valence-electron chi connectivity index (χ0n) is 10.7. The molecule has 1 heterocycles. The predicted molar refractivity (Wildman–Crippen MR) is 75.7 cm³/mol. The van der Waals surface area contributed by atoms with Crippen molar-refractivity contribution in [3.8, 4) is 0 Å². The maximum atomic E-state index is 11.9. The third-order valence-corrected chi connectivity index (χ3v) is 4.00. The van der Waals surface area contributed by atoms with E-state index in [0.717, 1.165) is 24.9 Å². The summed E-state index contributed by atoms with van der Waals surface area (Å²) >= 11 is 1.73. The fraction of sp³-hybridized carbons (Fsp3) is 0.500. The lowest BCUT2D eigenvalue weighted by atomic mass is 10.0. The highest BCUT2D eigenvalue weighted by atomic mass is 32.2. The van der Waals surface area contributed by atoms with E-state index in [4.69, 9.17) is 0 Å². The van der Waals surface area contributed by atoms with Crippen LogP contribution in [0.5, 0.6) is 0 Å². The average molecular weight is 264 g/mol. The van der Waals surface area contributed by atoms with Crippen LogP contribution in [-0.2, 0) is 11.3 Å². The first-order chi connectivity index (χ1) is 8.79. The highest BCUT2D eigenvalue weighted by Gasteiger charge is 2.19. The summed E-state index contributed by atoms with van der Waals surface area (Å²) in [4.78, 5) is 13.2. The van der Waals surface area contributed by atoms with Gasteiger partial charge in [-0.2, -0.15) is 0 Å². The number of piperidine rings is 1. The van der Waals surface area contributed by atoms with Crippen molar-refractivity contribution in [1.29, 1.82) is 0 Å². The molecular weight excluding hydrogens is 244 g/mol. The Balaban J connectivity index is 1.80. The van der Waals surface area contributed by atoms with E-state index < -0.39 is 0 Å². The van der Waals surface area contributed by atoms with Crippen molar-refractivity contribution >= 4 is 17.7 Å². The van der Waals surface area contributed by atoms with Crippen molar-refractivity contribution in [2.24, 2.45) is 0 Å². The lowest BCUT2D eigenvalue weighted by Crippen LogP contribution is -2.46. The summed E-state index contributed by atoms with van der Waals surface area (Å²) in [6.07, 6.45) is 5.34. The molecule has 1 atom stereocenters. The molecule has 0 saturated carbocycles. The van der Waals surface area contributed by atoms with E-state index in [1.807, 2.05) is 0 Å². The van der Waals surface area contributed by atoms with Gasteiger partial charge in [-0.05, 0) is 43.3 Å². The van der Waals surface area contributed by atoms with Gasteiger partial charge in [-0.25, -0.2) is 0 Å². The maximum Gasteiger partial charge on any atom is 0.237 e. The Morgan fingerprint density at radius 1 is 1.39 bits per heavy atom. The minimum Gasteiger partial charge on any atom is -0.351 e. The Hall–Kier alpha value is -1.00. The summed E-state index contributed by atoms with van der Waals surface area (Å²) in [5.41, 5.74) is 1.15. The third kappa shape index (κ3) is 3.75. The van der Waals surface area contributed by atoms with Gasteiger partial charge in [0.1, 0.15) is 0 Å². The second kappa shape index (κ2) is 6.81. The molecule has 1 saturated heterocycles. The summed E-state index contributed by atoms with van der Waals surface area (Å²) in [5.74, 6) is 0.128. The summed E-state index contributed by atoms with van der Waals surface area (Å²) in [7, 11) is 0. The molecule has 0 spiro atoms. The monoisotopic (exact) mass is 264 g/mol. The zero-order chi connectivity index (χ0) is 12.8. The fourth-order valence-corrected chi connectivity index (χ4v) is 2.54. The Morgan fingerprint density at radius 2 is 2.17 bits per heavy atom. The number of thioether (sulfide) groups is 1. The van der Waals surface area contributed by atoms with Crippen LogP contribution in [0.3, 0.4) is 0 Å². The average Bonchev–Trinajstić information content (AvgIpc) is 2.46. The zero-order valence-corrected chi connectivity index (χ0v) is 11.6. The van der Waals surface area contributed by atoms with E-state index in [0.29, 0.717) is 6.54 Å². The quantitative estimate of drug-likeness (QED) is 0.819. The van der Waals surface area contributed by atoms with Gasteiger partial charge in [0, 0.05) is 11.4 Å². The molecule has 0 aromatic heterocycles. The van der Waals surface area contributed by atoms with Gasteiger partial charge in [-0.15, -0.1) is 11.8 Å². The van der Waals surface area contributed by atoms with Gasteiger partial charge >= 0.3 is 0 Å². The fourth-order valence-electron chi connectivity index (χ4n) is 2.13. The first kappa shape index (κ1) is 13.4. The molecule has 2 rings (SSSR count). The van der Waals surface area contributed by atoms with Crippen LogP contribution in [-0.4, -0.2) is 24.7 Å². The first-order valence-electron chi connectivity index (χ1n) is 6.43. The second-order valence-corrected chi connectivity index (χ2v) is 5.45. The summed E-state index contributed by atoms with van der Waals surface area (Å²) < 4.78 is 0. The number of carbonyl (C=O) groups is 1. The molecule has 1 unspecified atom stereocenters. The van der Waals surface area contributed by atoms with Gasteiger partial charge in [-0.3, -0.25) is 4.79 Å². The molecule has 0 bridgehead atoms. The minimum absolute atomic E-state index is 0.00391. The molecule has 1 aliphatic rings. The van der Waals surface area contributed by atoms with Crippen LogP contribution >= 0.6 is 11.8 Å². The molecule has 1 fully saturated rings. The van der Waals surface area contributed by atoms with Gasteiger partial charge in [0.2, 0.25) is 5.91 Å². The number of benzene rings is 1. The standard InChI is InChI=1S/C14H20N2OS/c1-18-12-7-5-11(6-8-12)10-16-14(17)13-4-2-3-9-15-13/h5-8,13,15H,2-4,9-10H2,1H3,(H,16,17). The number of nitrogens with one attached hydrogen (secondary N) is 2. The first-order valence-corrected chi connectivity index (χ1v) is 7.66. The highest BCUT2D eigenvalue weighted by molar-refractivity contribution is 7.98. The van der Waals surface area contributed by atoms with Gasteiger partial charge in [-0.1, -0.05) is 18.6 Å². The lowest BCUT2D eigenvalue weighted by Gasteiger charge is -2.22. The number of amides is 1. The molecule has 2 N–H and O–H groups in total. The van der Waals surface area contributed by atoms with E-state index in [1.165, 1.54) is 11.3 Å². The van der Waals surface area contributed by atoms with E-state index in [2.05, 4.69) is 41.2 Å². The largest absolute Gasteiger partial charge is 0.351 e. The van der Waals surface area contributed by atoms with Crippen LogP contribution < -0.4 is 10.6 Å². The molecule has 98 valence electrons. The molecule has 4 heteroatoms. The summed E-state index contributed by atoms with van der Waals surface area (Å²) in [6, 6.07) is 8.32. The topological polar surface area (TPSA) is 41.1 Å². The Kier molecular flexibility index (Phi) is 5.08. The lowest BCUT2D eigenvalue weighted by molar-refractivity contribution is -0.123. The van der Waals surface area contributed by atoms with E-state index in [9.17, 15) is 4.79 Å². The van der Waals surface area contributed by atoms with Crippen molar-refractivity contribution in [2.75, 3.05) is 12.8 Å². The number of hydrogen-bond acceptors (Lipinski definition) is 3. The molecule has 3 nitrogen and oxygen atoms in total.